The Bertz CT molecular complexity index is 854. The summed E-state index contributed by atoms with van der Waals surface area (Å²) in [5.74, 6) is -1.34. The molecule has 0 radical (unpaired) electrons. The molecule has 2 aromatic rings. The van der Waals surface area contributed by atoms with Gasteiger partial charge in [-0.05, 0) is 59.6 Å². The van der Waals surface area contributed by atoms with E-state index in [1.165, 1.54) is 57.4 Å². The molecule has 162 valence electrons. The summed E-state index contributed by atoms with van der Waals surface area (Å²) in [5, 5.41) is 9.68. The van der Waals surface area contributed by atoms with E-state index in [2.05, 4.69) is 6.92 Å². The average Bonchev–Trinajstić information content (AvgIpc) is 2.75. The average molecular weight is 415 g/mol. The third-order valence-corrected chi connectivity index (χ3v) is 6.62. The van der Waals surface area contributed by atoms with Gasteiger partial charge in [0.1, 0.15) is 0 Å². The second-order valence-electron chi connectivity index (χ2n) is 8.69. The normalized spacial score (nSPS) is 19.0. The van der Waals surface area contributed by atoms with Crippen molar-refractivity contribution in [3.8, 4) is 11.1 Å². The third kappa shape index (κ3) is 5.68. The number of carboxylic acids is 1. The van der Waals surface area contributed by atoms with Gasteiger partial charge in [-0.2, -0.15) is 0 Å². The quantitative estimate of drug-likeness (QED) is 0.428. The van der Waals surface area contributed by atoms with Gasteiger partial charge in [0.25, 0.3) is 0 Å². The summed E-state index contributed by atoms with van der Waals surface area (Å²) < 4.78 is 27.2. The first kappa shape index (κ1) is 22.5. The summed E-state index contributed by atoms with van der Waals surface area (Å²) in [6.45, 7) is 2.24. The highest BCUT2D eigenvalue weighted by Gasteiger charge is 2.22. The highest BCUT2D eigenvalue weighted by molar-refractivity contribution is 5.92. The molecule has 0 aliphatic heterocycles. The lowest BCUT2D eigenvalue weighted by Gasteiger charge is -2.29. The molecule has 2 aromatic carbocycles. The molecule has 0 spiro atoms. The zero-order valence-electron chi connectivity index (χ0n) is 17.8. The lowest BCUT2D eigenvalue weighted by Crippen LogP contribution is -2.16. The Morgan fingerprint density at radius 1 is 0.967 bits per heavy atom. The van der Waals surface area contributed by atoms with E-state index >= 15 is 0 Å². The molecule has 4 heteroatoms. The molecule has 3 rings (SSSR count). The maximum absolute atomic E-state index is 13.8. The van der Waals surface area contributed by atoms with E-state index < -0.39 is 17.6 Å². The molecule has 2 nitrogen and oxygen atoms in total. The fourth-order valence-electron chi connectivity index (χ4n) is 4.83. The van der Waals surface area contributed by atoms with Crippen LogP contribution in [-0.2, 0) is 6.42 Å². The van der Waals surface area contributed by atoms with Gasteiger partial charge in [-0.3, -0.25) is 0 Å². The van der Waals surface area contributed by atoms with Gasteiger partial charge < -0.3 is 5.11 Å². The first-order valence-corrected chi connectivity index (χ1v) is 11.3. The van der Waals surface area contributed by atoms with E-state index in [9.17, 15) is 18.7 Å². The van der Waals surface area contributed by atoms with E-state index in [0.29, 0.717) is 23.5 Å². The van der Waals surface area contributed by atoms with E-state index in [-0.39, 0.29) is 5.56 Å². The Kier molecular flexibility index (Phi) is 8.01. The van der Waals surface area contributed by atoms with Crippen LogP contribution in [0.5, 0.6) is 0 Å². The summed E-state index contributed by atoms with van der Waals surface area (Å²) in [7, 11) is 0. The standard InChI is InChI=1S/C26H32F2O2/c1-2-3-4-6-18-9-11-19(12-10-18)13-15-22-21(7-5-8-23(22)26(29)30)20-14-16-24(27)25(28)17-20/h5,7-8,14,16-19H,2-4,6,9-13,15H2,1H3,(H,29,30). The van der Waals surface area contributed by atoms with Crippen molar-refractivity contribution < 1.29 is 18.7 Å². The van der Waals surface area contributed by atoms with Gasteiger partial charge in [-0.1, -0.05) is 76.5 Å². The minimum atomic E-state index is -0.978. The number of halogens is 2. The number of benzene rings is 2. The molecule has 0 aromatic heterocycles. The van der Waals surface area contributed by atoms with Crippen molar-refractivity contribution in [1.29, 1.82) is 0 Å². The van der Waals surface area contributed by atoms with Crippen LogP contribution in [0.3, 0.4) is 0 Å². The van der Waals surface area contributed by atoms with Gasteiger partial charge >= 0.3 is 5.97 Å². The molecule has 1 fully saturated rings. The zero-order valence-corrected chi connectivity index (χ0v) is 17.8. The van der Waals surface area contributed by atoms with Crippen molar-refractivity contribution in [1.82, 2.24) is 0 Å². The van der Waals surface area contributed by atoms with Crippen molar-refractivity contribution in [3.63, 3.8) is 0 Å². The SMILES string of the molecule is CCCCCC1CCC(CCc2c(C(=O)O)cccc2-c2ccc(F)c(F)c2)CC1. The number of rotatable bonds is 9. The molecule has 0 amide bonds. The predicted molar refractivity (Wildman–Crippen MR) is 117 cm³/mol. The smallest absolute Gasteiger partial charge is 0.335 e. The number of unbranched alkanes of at least 4 members (excludes halogenated alkanes) is 2. The van der Waals surface area contributed by atoms with Crippen molar-refractivity contribution in [2.75, 3.05) is 0 Å². The lowest BCUT2D eigenvalue weighted by atomic mass is 9.77. The second-order valence-corrected chi connectivity index (χ2v) is 8.69. The molecule has 0 atom stereocenters. The molecule has 0 unspecified atom stereocenters. The Morgan fingerprint density at radius 3 is 2.30 bits per heavy atom. The molecule has 1 saturated carbocycles. The van der Waals surface area contributed by atoms with Gasteiger partial charge in [0.2, 0.25) is 0 Å². The zero-order chi connectivity index (χ0) is 21.5. The highest BCUT2D eigenvalue weighted by Crippen LogP contribution is 2.36. The lowest BCUT2D eigenvalue weighted by molar-refractivity contribution is 0.0695. The van der Waals surface area contributed by atoms with E-state index in [1.54, 1.807) is 18.2 Å². The molecular formula is C26H32F2O2. The van der Waals surface area contributed by atoms with E-state index in [0.717, 1.165) is 30.0 Å². The van der Waals surface area contributed by atoms with Crippen molar-refractivity contribution in [3.05, 3.63) is 59.2 Å². The second kappa shape index (κ2) is 10.7. The van der Waals surface area contributed by atoms with Crippen LogP contribution in [0.1, 0.15) is 80.6 Å². The van der Waals surface area contributed by atoms with E-state index in [4.69, 9.17) is 0 Å². The van der Waals surface area contributed by atoms with Crippen LogP contribution in [0.15, 0.2) is 36.4 Å². The fourth-order valence-corrected chi connectivity index (χ4v) is 4.83. The Labute approximate surface area is 178 Å². The number of carboxylic acid groups (broad SMARTS) is 1. The largest absolute Gasteiger partial charge is 0.478 e. The third-order valence-electron chi connectivity index (χ3n) is 6.62. The van der Waals surface area contributed by atoms with Gasteiger partial charge in [-0.15, -0.1) is 0 Å². The molecule has 0 heterocycles. The van der Waals surface area contributed by atoms with Crippen LogP contribution < -0.4 is 0 Å². The Morgan fingerprint density at radius 2 is 1.67 bits per heavy atom. The Balaban J connectivity index is 1.71. The summed E-state index contributed by atoms with van der Waals surface area (Å²) >= 11 is 0. The van der Waals surface area contributed by atoms with E-state index in [1.807, 2.05) is 0 Å². The number of hydrogen-bond acceptors (Lipinski definition) is 1. The molecule has 1 aliphatic carbocycles. The van der Waals surface area contributed by atoms with Crippen LogP contribution in [0.2, 0.25) is 0 Å². The predicted octanol–water partition coefficient (Wildman–Crippen LogP) is 7.65. The summed E-state index contributed by atoms with van der Waals surface area (Å²) in [6.07, 6.45) is 11.8. The fraction of sp³-hybridized carbons (Fsp3) is 0.500. The van der Waals surface area contributed by atoms with Gasteiger partial charge in [0.05, 0.1) is 5.56 Å². The van der Waals surface area contributed by atoms with Crippen LogP contribution in [-0.4, -0.2) is 11.1 Å². The van der Waals surface area contributed by atoms with Crippen LogP contribution in [0.4, 0.5) is 8.78 Å². The minimum Gasteiger partial charge on any atom is -0.478 e. The highest BCUT2D eigenvalue weighted by atomic mass is 19.2. The molecule has 0 bridgehead atoms. The van der Waals surface area contributed by atoms with Gasteiger partial charge in [0.15, 0.2) is 11.6 Å². The summed E-state index contributed by atoms with van der Waals surface area (Å²) in [6, 6.07) is 8.85. The number of aromatic carboxylic acids is 1. The topological polar surface area (TPSA) is 37.3 Å². The van der Waals surface area contributed by atoms with Crippen molar-refractivity contribution >= 4 is 5.97 Å². The van der Waals surface area contributed by atoms with Crippen molar-refractivity contribution in [2.24, 2.45) is 11.8 Å². The number of hydrogen-bond donors (Lipinski definition) is 1. The molecule has 0 saturated heterocycles. The molecular weight excluding hydrogens is 382 g/mol. The molecule has 1 aliphatic rings. The maximum atomic E-state index is 13.8. The molecule has 30 heavy (non-hydrogen) atoms. The van der Waals surface area contributed by atoms with Gasteiger partial charge in [0, 0.05) is 0 Å². The number of carbonyl (C=O) groups is 1. The summed E-state index contributed by atoms with van der Waals surface area (Å²) in [5.41, 5.74) is 2.18. The van der Waals surface area contributed by atoms with Crippen molar-refractivity contribution in [2.45, 2.75) is 71.1 Å². The minimum absolute atomic E-state index is 0.255. The van der Waals surface area contributed by atoms with Gasteiger partial charge in [-0.25, -0.2) is 13.6 Å². The monoisotopic (exact) mass is 414 g/mol. The van der Waals surface area contributed by atoms with Crippen LogP contribution >= 0.6 is 0 Å². The van der Waals surface area contributed by atoms with Crippen LogP contribution in [0, 0.1) is 23.5 Å². The first-order chi connectivity index (χ1) is 14.5. The maximum Gasteiger partial charge on any atom is 0.335 e. The summed E-state index contributed by atoms with van der Waals surface area (Å²) in [4.78, 5) is 11.8. The van der Waals surface area contributed by atoms with Crippen LogP contribution in [0.25, 0.3) is 11.1 Å². The molecule has 1 N–H and O–H groups in total. The Hall–Kier alpha value is -2.23. The first-order valence-electron chi connectivity index (χ1n) is 11.3.